The Kier molecular flexibility index (Phi) is 9.37. The second-order valence-corrected chi connectivity index (χ2v) is 12.6. The van der Waals surface area contributed by atoms with Crippen molar-refractivity contribution in [2.24, 2.45) is 4.99 Å². The van der Waals surface area contributed by atoms with E-state index >= 15 is 0 Å². The topological polar surface area (TPSA) is 114 Å². The van der Waals surface area contributed by atoms with E-state index in [0.717, 1.165) is 21.3 Å². The minimum absolute atomic E-state index is 0.0221. The van der Waals surface area contributed by atoms with Crippen LogP contribution in [0.5, 0.6) is 11.5 Å². The molecule has 0 amide bonds. The Labute approximate surface area is 287 Å². The highest BCUT2D eigenvalue weighted by molar-refractivity contribution is 9.10. The van der Waals surface area contributed by atoms with Crippen LogP contribution in [0, 0.1) is 0 Å². The number of hydrogen-bond donors (Lipinski definition) is 0. The summed E-state index contributed by atoms with van der Waals surface area (Å²) in [5, 5.41) is 4.89. The molecule has 3 aromatic carbocycles. The zero-order valence-corrected chi connectivity index (χ0v) is 28.6. The van der Waals surface area contributed by atoms with Crippen molar-refractivity contribution in [1.29, 1.82) is 0 Å². The van der Waals surface area contributed by atoms with Crippen LogP contribution in [0.2, 0.25) is 0 Å². The predicted molar refractivity (Wildman–Crippen MR) is 186 cm³/mol. The molecule has 0 fully saturated rings. The number of methoxy groups -OCH3 is 1. The Bertz CT molecular complexity index is 2270. The number of esters is 2. The van der Waals surface area contributed by atoms with Crippen LogP contribution in [-0.2, 0) is 14.3 Å². The number of carbonyl (C=O) groups is 2. The maximum absolute atomic E-state index is 14.4. The molecule has 242 valence electrons. The van der Waals surface area contributed by atoms with Crippen LogP contribution in [0.4, 0.5) is 0 Å². The number of aromatic nitrogens is 3. The van der Waals surface area contributed by atoms with Crippen LogP contribution < -0.4 is 24.4 Å². The molecule has 0 N–H and O–H groups in total. The molecule has 6 rings (SSSR count). The molecule has 12 heteroatoms. The molecule has 48 heavy (non-hydrogen) atoms. The van der Waals surface area contributed by atoms with Gasteiger partial charge in [0.1, 0.15) is 6.61 Å². The number of benzene rings is 3. The van der Waals surface area contributed by atoms with Gasteiger partial charge in [-0.2, -0.15) is 5.10 Å². The first kappa shape index (κ1) is 32.6. The Morgan fingerprint density at radius 3 is 2.50 bits per heavy atom. The molecule has 0 aliphatic carbocycles. The number of allylic oxidation sites excluding steroid dienone is 1. The first-order chi connectivity index (χ1) is 23.2. The Balaban J connectivity index is 1.55. The second kappa shape index (κ2) is 13.8. The Morgan fingerprint density at radius 2 is 1.81 bits per heavy atom. The molecule has 2 aromatic heterocycles. The molecular formula is C36H29BrN4O6S. The quantitative estimate of drug-likeness (QED) is 0.112. The lowest BCUT2D eigenvalue weighted by molar-refractivity contribution is -0.138. The first-order valence-electron chi connectivity index (χ1n) is 14.8. The van der Waals surface area contributed by atoms with Crippen molar-refractivity contribution in [3.8, 4) is 28.4 Å². The smallest absolute Gasteiger partial charge is 0.338 e. The van der Waals surface area contributed by atoms with Crippen molar-refractivity contribution in [3.05, 3.63) is 138 Å². The Hall–Kier alpha value is -5.33. The third-order valence-corrected chi connectivity index (χ3v) is 9.01. The van der Waals surface area contributed by atoms with Gasteiger partial charge < -0.3 is 14.2 Å². The van der Waals surface area contributed by atoms with Crippen LogP contribution in [0.1, 0.15) is 31.0 Å². The normalized spacial score (nSPS) is 14.2. The van der Waals surface area contributed by atoms with Crippen LogP contribution in [0.3, 0.4) is 0 Å². The van der Waals surface area contributed by atoms with Gasteiger partial charge in [-0.25, -0.2) is 14.5 Å². The molecule has 1 aliphatic heterocycles. The average Bonchev–Trinajstić information content (AvgIpc) is 3.64. The summed E-state index contributed by atoms with van der Waals surface area (Å²) in [6, 6.07) is 21.4. The van der Waals surface area contributed by atoms with Gasteiger partial charge in [-0.3, -0.25) is 14.2 Å². The van der Waals surface area contributed by atoms with Crippen molar-refractivity contribution >= 4 is 45.3 Å². The summed E-state index contributed by atoms with van der Waals surface area (Å²) in [4.78, 5) is 44.7. The highest BCUT2D eigenvalue weighted by atomic mass is 79.9. The lowest BCUT2D eigenvalue weighted by Gasteiger charge is -2.25. The molecule has 0 bridgehead atoms. The van der Waals surface area contributed by atoms with Gasteiger partial charge in [-0.05, 0) is 55.0 Å². The third-order valence-electron chi connectivity index (χ3n) is 7.50. The number of carbonyl (C=O) groups excluding carboxylic acids is 2. The number of ether oxygens (including phenoxy) is 3. The van der Waals surface area contributed by atoms with Crippen molar-refractivity contribution in [3.63, 3.8) is 0 Å². The lowest BCUT2D eigenvalue weighted by Crippen LogP contribution is -2.40. The summed E-state index contributed by atoms with van der Waals surface area (Å²) in [7, 11) is 1.44. The minimum atomic E-state index is -0.918. The van der Waals surface area contributed by atoms with Gasteiger partial charge in [0, 0.05) is 28.7 Å². The van der Waals surface area contributed by atoms with Crippen LogP contribution in [-0.4, -0.2) is 40.0 Å². The van der Waals surface area contributed by atoms with Crippen molar-refractivity contribution < 1.29 is 23.8 Å². The Morgan fingerprint density at radius 1 is 1.06 bits per heavy atom. The highest BCUT2D eigenvalue weighted by Gasteiger charge is 2.34. The third kappa shape index (κ3) is 6.44. The van der Waals surface area contributed by atoms with Crippen LogP contribution >= 0.6 is 27.3 Å². The largest absolute Gasteiger partial charge is 0.493 e. The molecule has 0 saturated carbocycles. The highest BCUT2D eigenvalue weighted by Crippen LogP contribution is 2.36. The number of thiazole rings is 1. The van der Waals surface area contributed by atoms with E-state index in [9.17, 15) is 14.4 Å². The molecule has 1 unspecified atom stereocenters. The summed E-state index contributed by atoms with van der Waals surface area (Å²) in [5.41, 5.74) is 3.89. The summed E-state index contributed by atoms with van der Waals surface area (Å²) in [5.74, 6) is -0.698. The molecule has 0 saturated heterocycles. The number of nitrogens with zero attached hydrogens (tertiary/aromatic N) is 4. The summed E-state index contributed by atoms with van der Waals surface area (Å²) in [6.45, 7) is 6.61. The molecule has 5 aromatic rings. The molecule has 1 aliphatic rings. The fourth-order valence-electron chi connectivity index (χ4n) is 5.38. The standard InChI is InChI=1S/C36H29BrN4O6S/c1-5-17-46-35(44)31-21(2)38-36-41(33(31)24-13-16-28(47-22(3)42)29(18-24)45-4)34(43)30(48-36)19-25-20-40(27-9-7-6-8-10-27)39-32(25)23-11-14-26(37)15-12-23/h5-16,18-20,33H,1,17H2,2-4H3. The van der Waals surface area contributed by atoms with Crippen LogP contribution in [0.15, 0.2) is 117 Å². The second-order valence-electron chi connectivity index (χ2n) is 10.7. The fraction of sp³-hybridized carbons (Fsp3) is 0.139. The SMILES string of the molecule is C=CCOC(=O)C1=C(C)N=c2sc(=Cc3cn(-c4ccccc4)nc3-c3ccc(Br)cc3)c(=O)n2C1c1ccc(OC(C)=O)c(OC)c1. The van der Waals surface area contributed by atoms with Gasteiger partial charge in [0.25, 0.3) is 5.56 Å². The maximum Gasteiger partial charge on any atom is 0.338 e. The number of fused-ring (bicyclic) bond motifs is 1. The monoisotopic (exact) mass is 724 g/mol. The van der Waals surface area contributed by atoms with E-state index in [1.807, 2.05) is 60.8 Å². The number of hydrogen-bond acceptors (Lipinski definition) is 9. The zero-order chi connectivity index (χ0) is 33.9. The summed E-state index contributed by atoms with van der Waals surface area (Å²) < 4.78 is 20.8. The van der Waals surface area contributed by atoms with E-state index in [4.69, 9.17) is 19.3 Å². The summed E-state index contributed by atoms with van der Waals surface area (Å²) >= 11 is 4.70. The van der Waals surface area contributed by atoms with E-state index in [1.165, 1.54) is 36.0 Å². The van der Waals surface area contributed by atoms with Gasteiger partial charge in [0.2, 0.25) is 0 Å². The molecule has 0 spiro atoms. The van der Waals surface area contributed by atoms with E-state index in [1.54, 1.807) is 35.9 Å². The molecule has 0 radical (unpaired) electrons. The van der Waals surface area contributed by atoms with Crippen molar-refractivity contribution in [1.82, 2.24) is 14.3 Å². The minimum Gasteiger partial charge on any atom is -0.493 e. The fourth-order valence-corrected chi connectivity index (χ4v) is 6.68. The van der Waals surface area contributed by atoms with Gasteiger partial charge in [-0.1, -0.05) is 76.3 Å². The number of rotatable bonds is 9. The van der Waals surface area contributed by atoms with Crippen molar-refractivity contribution in [2.45, 2.75) is 19.9 Å². The molecule has 3 heterocycles. The zero-order valence-electron chi connectivity index (χ0n) is 26.2. The molecule has 10 nitrogen and oxygen atoms in total. The van der Waals surface area contributed by atoms with E-state index in [-0.39, 0.29) is 29.2 Å². The number of para-hydroxylation sites is 1. The predicted octanol–water partition coefficient (Wildman–Crippen LogP) is 5.51. The van der Waals surface area contributed by atoms with Gasteiger partial charge in [0.05, 0.1) is 40.3 Å². The maximum atomic E-state index is 14.4. The van der Waals surface area contributed by atoms with Gasteiger partial charge in [0.15, 0.2) is 16.3 Å². The lowest BCUT2D eigenvalue weighted by atomic mass is 9.95. The van der Waals surface area contributed by atoms with E-state index < -0.39 is 18.0 Å². The average molecular weight is 726 g/mol. The van der Waals surface area contributed by atoms with E-state index in [2.05, 4.69) is 27.5 Å². The van der Waals surface area contributed by atoms with Crippen molar-refractivity contribution in [2.75, 3.05) is 13.7 Å². The summed E-state index contributed by atoms with van der Waals surface area (Å²) in [6.07, 6.45) is 5.14. The van der Waals surface area contributed by atoms with Crippen LogP contribution in [0.25, 0.3) is 23.0 Å². The molecular weight excluding hydrogens is 696 g/mol. The first-order valence-corrected chi connectivity index (χ1v) is 16.4. The van der Waals surface area contributed by atoms with E-state index in [0.29, 0.717) is 26.3 Å². The molecule has 1 atom stereocenters. The number of halogens is 1. The van der Waals surface area contributed by atoms with Gasteiger partial charge in [-0.15, -0.1) is 0 Å². The van der Waals surface area contributed by atoms with Gasteiger partial charge >= 0.3 is 11.9 Å².